The Hall–Kier alpha value is -0.300. The zero-order chi connectivity index (χ0) is 11.3. The van der Waals surface area contributed by atoms with Crippen molar-refractivity contribution >= 4 is 0 Å². The Balaban J connectivity index is 1.54. The van der Waals surface area contributed by atoms with Gasteiger partial charge in [0.15, 0.2) is 0 Å². The first-order chi connectivity index (χ1) is 8.31. The molecule has 0 aromatic carbocycles. The van der Waals surface area contributed by atoms with E-state index in [1.807, 2.05) is 0 Å². The van der Waals surface area contributed by atoms with Gasteiger partial charge in [0.25, 0.3) is 0 Å². The number of rotatable bonds is 2. The first-order valence-corrected chi connectivity index (χ1v) is 7.70. The summed E-state index contributed by atoms with van der Waals surface area (Å²) in [6.45, 7) is 2.35. The first kappa shape index (κ1) is 10.6. The number of nitrogens with one attached hydrogen (secondary N) is 1. The molecule has 0 spiro atoms. The third-order valence-electron chi connectivity index (χ3n) is 5.93. The van der Waals surface area contributed by atoms with Gasteiger partial charge in [-0.05, 0) is 81.1 Å². The third-order valence-corrected chi connectivity index (χ3v) is 5.93. The monoisotopic (exact) mass is 231 g/mol. The van der Waals surface area contributed by atoms with Crippen molar-refractivity contribution in [2.75, 3.05) is 13.1 Å². The van der Waals surface area contributed by atoms with Crippen LogP contribution in [-0.2, 0) is 0 Å². The molecule has 1 aliphatic heterocycles. The van der Waals surface area contributed by atoms with Crippen LogP contribution in [0.25, 0.3) is 0 Å². The molecule has 4 saturated carbocycles. The quantitative estimate of drug-likeness (QED) is 0.717. The fourth-order valence-electron chi connectivity index (χ4n) is 5.82. The molecule has 0 aromatic heterocycles. The molecule has 0 radical (unpaired) electrons. The van der Waals surface area contributed by atoms with Crippen molar-refractivity contribution < 1.29 is 0 Å². The van der Waals surface area contributed by atoms with Gasteiger partial charge in [-0.1, -0.05) is 11.6 Å². The van der Waals surface area contributed by atoms with Crippen LogP contribution in [0.15, 0.2) is 11.6 Å². The second-order valence-electron chi connectivity index (χ2n) is 7.41. The van der Waals surface area contributed by atoms with E-state index in [4.69, 9.17) is 0 Å². The molecule has 0 unspecified atom stereocenters. The molecular weight excluding hydrogens is 206 g/mol. The van der Waals surface area contributed by atoms with Crippen LogP contribution in [0.5, 0.6) is 0 Å². The molecule has 1 N–H and O–H groups in total. The molecule has 0 amide bonds. The lowest BCUT2D eigenvalue weighted by Crippen LogP contribution is -2.46. The highest BCUT2D eigenvalue weighted by atomic mass is 14.8. The highest BCUT2D eigenvalue weighted by Gasteiger charge is 2.50. The van der Waals surface area contributed by atoms with E-state index in [2.05, 4.69) is 11.4 Å². The lowest BCUT2D eigenvalue weighted by Gasteiger charge is -2.57. The maximum atomic E-state index is 3.45. The van der Waals surface area contributed by atoms with Crippen molar-refractivity contribution in [3.05, 3.63) is 11.6 Å². The summed E-state index contributed by atoms with van der Waals surface area (Å²) in [7, 11) is 0. The van der Waals surface area contributed by atoms with Crippen molar-refractivity contribution in [2.45, 2.75) is 51.4 Å². The van der Waals surface area contributed by atoms with Crippen molar-refractivity contribution in [1.29, 1.82) is 0 Å². The van der Waals surface area contributed by atoms with Crippen LogP contribution in [0.4, 0.5) is 0 Å². The molecule has 4 fully saturated rings. The van der Waals surface area contributed by atoms with E-state index in [0.29, 0.717) is 0 Å². The molecule has 1 nitrogen and oxygen atoms in total. The van der Waals surface area contributed by atoms with Gasteiger partial charge in [0.2, 0.25) is 0 Å². The molecule has 0 atom stereocenters. The second-order valence-corrected chi connectivity index (χ2v) is 7.41. The van der Waals surface area contributed by atoms with Gasteiger partial charge in [0.05, 0.1) is 0 Å². The van der Waals surface area contributed by atoms with Crippen LogP contribution in [0, 0.1) is 23.2 Å². The molecule has 5 rings (SSSR count). The van der Waals surface area contributed by atoms with Crippen LogP contribution in [0.1, 0.15) is 51.4 Å². The molecule has 4 bridgehead atoms. The van der Waals surface area contributed by atoms with E-state index in [1.165, 1.54) is 19.4 Å². The minimum absolute atomic E-state index is 0.762. The van der Waals surface area contributed by atoms with E-state index in [1.54, 1.807) is 44.1 Å². The number of hydrogen-bond donors (Lipinski definition) is 1. The van der Waals surface area contributed by atoms with Crippen molar-refractivity contribution in [1.82, 2.24) is 5.32 Å². The Labute approximate surface area is 105 Å². The fraction of sp³-hybridized carbons (Fsp3) is 0.875. The summed E-state index contributed by atoms with van der Waals surface area (Å²) >= 11 is 0. The van der Waals surface area contributed by atoms with E-state index in [9.17, 15) is 0 Å². The van der Waals surface area contributed by atoms with Crippen LogP contribution in [-0.4, -0.2) is 13.1 Å². The van der Waals surface area contributed by atoms with Crippen molar-refractivity contribution in [3.63, 3.8) is 0 Å². The summed E-state index contributed by atoms with van der Waals surface area (Å²) in [5.41, 5.74) is 2.54. The predicted octanol–water partition coefficient (Wildman–Crippen LogP) is 3.51. The van der Waals surface area contributed by atoms with Crippen LogP contribution in [0.2, 0.25) is 0 Å². The summed E-state index contributed by atoms with van der Waals surface area (Å²) in [5, 5.41) is 3.45. The lowest BCUT2D eigenvalue weighted by atomic mass is 9.48. The molecule has 17 heavy (non-hydrogen) atoms. The van der Waals surface area contributed by atoms with E-state index >= 15 is 0 Å². The van der Waals surface area contributed by atoms with Crippen LogP contribution in [0.3, 0.4) is 0 Å². The van der Waals surface area contributed by atoms with Crippen molar-refractivity contribution in [3.8, 4) is 0 Å². The zero-order valence-electron chi connectivity index (χ0n) is 10.9. The van der Waals surface area contributed by atoms with E-state index in [-0.39, 0.29) is 0 Å². The Morgan fingerprint density at radius 2 is 1.71 bits per heavy atom. The zero-order valence-corrected chi connectivity index (χ0v) is 10.9. The molecule has 4 aliphatic carbocycles. The summed E-state index contributed by atoms with van der Waals surface area (Å²) in [4.78, 5) is 0. The molecule has 1 heterocycles. The fourth-order valence-corrected chi connectivity index (χ4v) is 5.82. The molecule has 0 aromatic rings. The van der Waals surface area contributed by atoms with Gasteiger partial charge >= 0.3 is 0 Å². The Morgan fingerprint density at radius 1 is 1.06 bits per heavy atom. The van der Waals surface area contributed by atoms with Gasteiger partial charge in [-0.3, -0.25) is 0 Å². The Morgan fingerprint density at radius 3 is 2.24 bits per heavy atom. The SMILES string of the molecule is C1=C(CC23CC4CC(CC(C4)C2)C3)CCNC1. The summed E-state index contributed by atoms with van der Waals surface area (Å²) < 4.78 is 0. The summed E-state index contributed by atoms with van der Waals surface area (Å²) in [6.07, 6.45) is 14.7. The Bertz CT molecular complexity index is 306. The maximum Gasteiger partial charge on any atom is 0.0137 e. The minimum atomic E-state index is 0.762. The minimum Gasteiger partial charge on any atom is -0.313 e. The predicted molar refractivity (Wildman–Crippen MR) is 70.8 cm³/mol. The highest BCUT2D eigenvalue weighted by Crippen LogP contribution is 2.62. The maximum absolute atomic E-state index is 3.45. The van der Waals surface area contributed by atoms with E-state index in [0.717, 1.165) is 29.7 Å². The van der Waals surface area contributed by atoms with E-state index < -0.39 is 0 Å². The summed E-state index contributed by atoms with van der Waals surface area (Å²) in [5.74, 6) is 3.34. The standard InChI is InChI=1S/C16H25N/c1-3-17-4-2-12(1)8-16-9-13-5-14(10-16)7-15(6-13)11-16/h1,13-15,17H,2-11H2. The number of hydrogen-bond acceptors (Lipinski definition) is 1. The van der Waals surface area contributed by atoms with Crippen LogP contribution < -0.4 is 5.32 Å². The Kier molecular flexibility index (Phi) is 2.40. The van der Waals surface area contributed by atoms with Crippen molar-refractivity contribution in [2.24, 2.45) is 23.2 Å². The summed E-state index contributed by atoms with van der Waals surface area (Å²) in [6, 6.07) is 0. The molecule has 5 aliphatic rings. The lowest BCUT2D eigenvalue weighted by molar-refractivity contribution is -0.0525. The van der Waals surface area contributed by atoms with Gasteiger partial charge in [-0.2, -0.15) is 0 Å². The van der Waals surface area contributed by atoms with Gasteiger partial charge < -0.3 is 5.32 Å². The second kappa shape index (κ2) is 3.85. The van der Waals surface area contributed by atoms with Gasteiger partial charge in [0, 0.05) is 6.54 Å². The average Bonchev–Trinajstić information content (AvgIpc) is 2.27. The average molecular weight is 231 g/mol. The first-order valence-electron chi connectivity index (χ1n) is 7.70. The molecule has 1 heteroatoms. The van der Waals surface area contributed by atoms with Gasteiger partial charge in [0.1, 0.15) is 0 Å². The largest absolute Gasteiger partial charge is 0.313 e. The molecular formula is C16H25N. The van der Waals surface area contributed by atoms with Gasteiger partial charge in [-0.15, -0.1) is 0 Å². The normalized spacial score (nSPS) is 48.2. The topological polar surface area (TPSA) is 12.0 Å². The third kappa shape index (κ3) is 1.87. The van der Waals surface area contributed by atoms with Crippen LogP contribution >= 0.6 is 0 Å². The smallest absolute Gasteiger partial charge is 0.0137 e. The molecule has 94 valence electrons. The highest BCUT2D eigenvalue weighted by molar-refractivity contribution is 5.13. The molecule has 0 saturated heterocycles. The van der Waals surface area contributed by atoms with Gasteiger partial charge in [-0.25, -0.2) is 0 Å².